The van der Waals surface area contributed by atoms with E-state index in [0.717, 1.165) is 38.2 Å². The molecule has 0 amide bonds. The lowest BCUT2D eigenvalue weighted by atomic mass is 9.97. The van der Waals surface area contributed by atoms with E-state index in [2.05, 4.69) is 24.8 Å². The number of nitrogens with zero attached hydrogens (tertiary/aromatic N) is 4. The third kappa shape index (κ3) is 3.55. The first-order chi connectivity index (χ1) is 10.7. The van der Waals surface area contributed by atoms with Gasteiger partial charge in [0.1, 0.15) is 5.69 Å². The molecule has 3 N–H and O–H groups in total. The van der Waals surface area contributed by atoms with Gasteiger partial charge in [-0.15, -0.1) is 0 Å². The molecule has 0 radical (unpaired) electrons. The first kappa shape index (κ1) is 14.8. The molecule has 0 spiro atoms. The van der Waals surface area contributed by atoms with E-state index in [9.17, 15) is 4.79 Å². The second-order valence-electron chi connectivity index (χ2n) is 5.63. The van der Waals surface area contributed by atoms with Gasteiger partial charge in [0.25, 0.3) is 5.56 Å². The predicted molar refractivity (Wildman–Crippen MR) is 82.9 cm³/mol. The predicted octanol–water partition coefficient (Wildman–Crippen LogP) is 0.398. The van der Waals surface area contributed by atoms with Gasteiger partial charge in [-0.05, 0) is 38.4 Å². The van der Waals surface area contributed by atoms with Gasteiger partial charge < -0.3 is 10.7 Å². The highest BCUT2D eigenvalue weighted by Gasteiger charge is 2.18. The molecule has 1 aliphatic heterocycles. The van der Waals surface area contributed by atoms with Gasteiger partial charge in [-0.25, -0.2) is 9.97 Å². The highest BCUT2D eigenvalue weighted by atomic mass is 16.1. The number of hydrogen-bond acceptors (Lipinski definition) is 6. The van der Waals surface area contributed by atoms with Gasteiger partial charge in [0.2, 0.25) is 0 Å². The molecular formula is C15H20N6O. The van der Waals surface area contributed by atoms with Crippen molar-refractivity contribution in [3.05, 3.63) is 40.7 Å². The number of rotatable bonds is 4. The largest absolute Gasteiger partial charge is 0.330 e. The number of piperidine rings is 1. The molecule has 3 heterocycles. The van der Waals surface area contributed by atoms with Crippen molar-refractivity contribution >= 4 is 0 Å². The van der Waals surface area contributed by atoms with Crippen LogP contribution in [0.25, 0.3) is 11.5 Å². The first-order valence-corrected chi connectivity index (χ1v) is 7.53. The van der Waals surface area contributed by atoms with Crippen LogP contribution in [0.2, 0.25) is 0 Å². The van der Waals surface area contributed by atoms with Crippen molar-refractivity contribution in [1.82, 2.24) is 24.8 Å². The van der Waals surface area contributed by atoms with Crippen LogP contribution in [0.1, 0.15) is 18.5 Å². The Kier molecular flexibility index (Phi) is 4.55. The molecule has 7 heteroatoms. The Bertz CT molecular complexity index is 663. The summed E-state index contributed by atoms with van der Waals surface area (Å²) in [6.45, 7) is 3.43. The number of aromatic nitrogens is 4. The summed E-state index contributed by atoms with van der Waals surface area (Å²) in [5, 5.41) is 0. The topological polar surface area (TPSA) is 101 Å². The Labute approximate surface area is 128 Å². The third-order valence-electron chi connectivity index (χ3n) is 4.03. The molecule has 0 aliphatic carbocycles. The van der Waals surface area contributed by atoms with Crippen molar-refractivity contribution in [2.45, 2.75) is 19.4 Å². The average molecular weight is 300 g/mol. The summed E-state index contributed by atoms with van der Waals surface area (Å²) in [4.78, 5) is 29.6. The van der Waals surface area contributed by atoms with E-state index in [1.165, 1.54) is 0 Å². The van der Waals surface area contributed by atoms with Crippen LogP contribution in [0.15, 0.2) is 29.5 Å². The minimum atomic E-state index is -0.164. The van der Waals surface area contributed by atoms with E-state index in [1.54, 1.807) is 24.7 Å². The maximum absolute atomic E-state index is 11.8. The molecule has 2 aromatic heterocycles. The molecule has 0 unspecified atom stereocenters. The number of aromatic amines is 1. The molecule has 22 heavy (non-hydrogen) atoms. The zero-order valence-electron chi connectivity index (χ0n) is 12.4. The summed E-state index contributed by atoms with van der Waals surface area (Å²) in [6.07, 6.45) is 6.98. The molecule has 3 rings (SSSR count). The van der Waals surface area contributed by atoms with Crippen LogP contribution >= 0.6 is 0 Å². The van der Waals surface area contributed by atoms with Crippen LogP contribution in [0.4, 0.5) is 0 Å². The number of likely N-dealkylation sites (tertiary alicyclic amines) is 1. The van der Waals surface area contributed by atoms with Crippen molar-refractivity contribution in [3.63, 3.8) is 0 Å². The van der Waals surface area contributed by atoms with Crippen LogP contribution in [-0.4, -0.2) is 44.5 Å². The van der Waals surface area contributed by atoms with E-state index in [-0.39, 0.29) is 5.56 Å². The Hall–Kier alpha value is -2.12. The average Bonchev–Trinajstić information content (AvgIpc) is 2.56. The molecule has 0 aromatic carbocycles. The Morgan fingerprint density at radius 3 is 2.82 bits per heavy atom. The smallest absolute Gasteiger partial charge is 0.251 e. The quantitative estimate of drug-likeness (QED) is 0.847. The summed E-state index contributed by atoms with van der Waals surface area (Å²) in [6, 6.07) is 1.55. The molecular weight excluding hydrogens is 280 g/mol. The van der Waals surface area contributed by atoms with Crippen molar-refractivity contribution in [1.29, 1.82) is 0 Å². The van der Waals surface area contributed by atoms with E-state index in [4.69, 9.17) is 5.73 Å². The highest BCUT2D eigenvalue weighted by Crippen LogP contribution is 2.17. The van der Waals surface area contributed by atoms with E-state index in [1.807, 2.05) is 0 Å². The monoisotopic (exact) mass is 300 g/mol. The Balaban J connectivity index is 1.75. The van der Waals surface area contributed by atoms with E-state index < -0.39 is 0 Å². The molecule has 0 bridgehead atoms. The maximum Gasteiger partial charge on any atom is 0.251 e. The first-order valence-electron chi connectivity index (χ1n) is 7.53. The van der Waals surface area contributed by atoms with Gasteiger partial charge >= 0.3 is 0 Å². The Morgan fingerprint density at radius 2 is 2.14 bits per heavy atom. The number of nitrogens with two attached hydrogens (primary N) is 1. The normalized spacial score (nSPS) is 16.8. The van der Waals surface area contributed by atoms with Crippen molar-refractivity contribution in [2.75, 3.05) is 19.6 Å². The maximum atomic E-state index is 11.8. The zero-order valence-corrected chi connectivity index (χ0v) is 12.4. The molecule has 0 saturated carbocycles. The minimum Gasteiger partial charge on any atom is -0.330 e. The van der Waals surface area contributed by atoms with Crippen LogP contribution in [0.3, 0.4) is 0 Å². The second-order valence-corrected chi connectivity index (χ2v) is 5.63. The molecule has 1 saturated heterocycles. The molecule has 0 atom stereocenters. The van der Waals surface area contributed by atoms with Gasteiger partial charge in [0.05, 0.1) is 11.9 Å². The third-order valence-corrected chi connectivity index (χ3v) is 4.03. The molecule has 116 valence electrons. The number of hydrogen-bond donors (Lipinski definition) is 2. The van der Waals surface area contributed by atoms with Gasteiger partial charge in [-0.3, -0.25) is 14.7 Å². The van der Waals surface area contributed by atoms with Gasteiger partial charge in [-0.2, -0.15) is 0 Å². The van der Waals surface area contributed by atoms with Crippen LogP contribution < -0.4 is 11.3 Å². The van der Waals surface area contributed by atoms with Crippen molar-refractivity contribution < 1.29 is 0 Å². The summed E-state index contributed by atoms with van der Waals surface area (Å²) < 4.78 is 0. The van der Waals surface area contributed by atoms with E-state index in [0.29, 0.717) is 24.0 Å². The minimum absolute atomic E-state index is 0.164. The summed E-state index contributed by atoms with van der Waals surface area (Å²) in [7, 11) is 0. The SMILES string of the molecule is NCC1CCN(Cc2cc(=O)[nH]c(-c3cnccn3)n2)CC1. The van der Waals surface area contributed by atoms with Crippen LogP contribution in [0, 0.1) is 5.92 Å². The summed E-state index contributed by atoms with van der Waals surface area (Å²) in [5.74, 6) is 1.09. The second kappa shape index (κ2) is 6.76. The Morgan fingerprint density at radius 1 is 1.32 bits per heavy atom. The standard InChI is InChI=1S/C15H20N6O/c16-8-11-1-5-21(6-2-11)10-12-7-14(22)20-15(19-12)13-9-17-3-4-18-13/h3-4,7,9,11H,1-2,5-6,8,10,16H2,(H,19,20,22). The van der Waals surface area contributed by atoms with Crippen molar-refractivity contribution in [2.24, 2.45) is 11.7 Å². The summed E-state index contributed by atoms with van der Waals surface area (Å²) in [5.41, 5.74) is 6.88. The fourth-order valence-corrected chi connectivity index (χ4v) is 2.74. The van der Waals surface area contributed by atoms with Crippen LogP contribution in [0.5, 0.6) is 0 Å². The molecule has 1 fully saturated rings. The van der Waals surface area contributed by atoms with Crippen LogP contribution in [-0.2, 0) is 6.54 Å². The summed E-state index contributed by atoms with van der Waals surface area (Å²) >= 11 is 0. The number of H-pyrrole nitrogens is 1. The molecule has 1 aliphatic rings. The zero-order chi connectivity index (χ0) is 15.4. The molecule has 2 aromatic rings. The lowest BCUT2D eigenvalue weighted by Gasteiger charge is -2.30. The van der Waals surface area contributed by atoms with Crippen molar-refractivity contribution in [3.8, 4) is 11.5 Å². The van der Waals surface area contributed by atoms with Gasteiger partial charge in [0.15, 0.2) is 5.82 Å². The lowest BCUT2D eigenvalue weighted by Crippen LogP contribution is -2.36. The highest BCUT2D eigenvalue weighted by molar-refractivity contribution is 5.46. The molecule has 7 nitrogen and oxygen atoms in total. The fraction of sp³-hybridized carbons (Fsp3) is 0.467. The van der Waals surface area contributed by atoms with E-state index >= 15 is 0 Å². The number of nitrogens with one attached hydrogen (secondary N) is 1. The fourth-order valence-electron chi connectivity index (χ4n) is 2.74. The van der Waals surface area contributed by atoms with Gasteiger partial charge in [-0.1, -0.05) is 0 Å². The van der Waals surface area contributed by atoms with Gasteiger partial charge in [0, 0.05) is 25.0 Å². The lowest BCUT2D eigenvalue weighted by molar-refractivity contribution is 0.178.